The summed E-state index contributed by atoms with van der Waals surface area (Å²) in [7, 11) is 0. The van der Waals surface area contributed by atoms with Crippen LogP contribution in [0.25, 0.3) is 0 Å². The Bertz CT molecular complexity index is 5050. The molecule has 50 heteroatoms. The van der Waals surface area contributed by atoms with E-state index in [1.165, 1.54) is 158 Å². The zero-order valence-electron chi connectivity index (χ0n) is 71.1. The number of nitrogen functional groups attached to an aromatic ring is 1. The van der Waals surface area contributed by atoms with E-state index >= 15 is 0 Å². The van der Waals surface area contributed by atoms with E-state index in [9.17, 15) is 86.9 Å². The third-order valence-electron chi connectivity index (χ3n) is 17.9. The second-order valence-corrected chi connectivity index (χ2v) is 28.1. The molecule has 1 aromatic rings. The zero-order valence-corrected chi connectivity index (χ0v) is 71.1. The SMILES string of the molecule is C=C(O[C@@H]1C=C(C(=O)O)C=C[C@H]1N)C(=O)O.C=C(O[C@@H]1C=C(C(=O)O)C=C[C@H]1O)C(=O)O.C=C(O[C@H]1C=CC=C(C(=O)O)[C@@H]1N)C(=O)O.C=C(O[C@H]1C=CC=C(C(=O)O)[C@@H]1O)C(=O)O.NC1C=CC(CC(=O)C(=O)O)(C(=O)O)C=C1.N[C@@H]1C=CC(C(=O)O)=C[C@H]1O.N[C@H]1C(C(=O)O)=CC=C[C@@H]1O.Nc1ccc(CC(N)C(=O)O)cc1.O=C(O)C1=CC=C[C@H](O)[C@H]1O.O=C(O)C1=C[C@@H](O)[C@H](O)C=C1. The molecule has 17 atom stereocenters. The average Bonchev–Trinajstić information content (AvgIpc) is 0.803. The van der Waals surface area contributed by atoms with Crippen LogP contribution in [-0.2, 0) is 102 Å². The lowest BCUT2D eigenvalue weighted by Gasteiger charge is -2.24. The predicted molar refractivity (Wildman–Crippen MR) is 469 cm³/mol. The summed E-state index contributed by atoms with van der Waals surface area (Å²) in [4.78, 5) is 169. The summed E-state index contributed by atoms with van der Waals surface area (Å²) in [6.07, 6.45) is 24.3. The molecule has 740 valence electrons. The second kappa shape index (κ2) is 57.2. The molecule has 1 unspecified atom stereocenters. The summed E-state index contributed by atoms with van der Waals surface area (Å²) >= 11 is 0. The van der Waals surface area contributed by atoms with Crippen LogP contribution in [-0.4, -0.2) is 322 Å². The molecular formula is C87H99N7O43. The highest BCUT2D eigenvalue weighted by Gasteiger charge is 2.40. The number of benzene rings is 1. The Balaban J connectivity index is 0.000000764. The van der Waals surface area contributed by atoms with E-state index in [1.54, 1.807) is 24.3 Å². The molecule has 9 aliphatic carbocycles. The van der Waals surface area contributed by atoms with Crippen molar-refractivity contribution in [3.63, 3.8) is 0 Å². The summed E-state index contributed by atoms with van der Waals surface area (Å²) in [6.45, 7) is 12.6. The Morgan fingerprint density at radius 1 is 0.343 bits per heavy atom. The first kappa shape index (κ1) is 119. The van der Waals surface area contributed by atoms with Gasteiger partial charge < -0.3 is 177 Å². The minimum atomic E-state index is -1.64. The fraction of sp³-hybridized carbons (Fsp3) is 0.241. The van der Waals surface area contributed by atoms with E-state index in [2.05, 4.69) is 26.3 Å². The number of carbonyl (C=O) groups is 16. The number of carboxylic acids is 15. The number of allylic oxidation sites excluding steroid dienone is 8. The van der Waals surface area contributed by atoms with Gasteiger partial charge in [-0.25, -0.2) is 62.3 Å². The van der Waals surface area contributed by atoms with E-state index in [-0.39, 0.29) is 44.6 Å². The number of anilines is 1. The van der Waals surface area contributed by atoms with Gasteiger partial charge in [0, 0.05) is 18.2 Å². The number of hydrogen-bond acceptors (Lipinski definition) is 35. The number of carbonyl (C=O) groups excluding carboxylic acids is 1. The highest BCUT2D eigenvalue weighted by atomic mass is 16.5. The minimum absolute atomic E-state index is 0.00259. The van der Waals surface area contributed by atoms with Gasteiger partial charge in [0.05, 0.1) is 81.0 Å². The highest BCUT2D eigenvalue weighted by molar-refractivity contribution is 6.33. The Morgan fingerprint density at radius 2 is 0.693 bits per heavy atom. The summed E-state index contributed by atoms with van der Waals surface area (Å²) in [5.41, 5.74) is 37.8. The fourth-order valence-corrected chi connectivity index (χ4v) is 10.4. The van der Waals surface area contributed by atoms with Gasteiger partial charge in [-0.05, 0) is 111 Å². The van der Waals surface area contributed by atoms with Crippen molar-refractivity contribution in [1.29, 1.82) is 0 Å². The molecule has 9 aliphatic rings. The lowest BCUT2D eigenvalue weighted by molar-refractivity contribution is -0.152. The molecule has 0 aliphatic heterocycles. The summed E-state index contributed by atoms with van der Waals surface area (Å²) in [5.74, 6) is -21.7. The van der Waals surface area contributed by atoms with E-state index in [0.717, 1.165) is 17.7 Å². The number of aliphatic carboxylic acids is 15. The number of ether oxygens (including phenoxy) is 4. The lowest BCUT2D eigenvalue weighted by atomic mass is 9.79. The number of carboxylic acid groups (broad SMARTS) is 15. The van der Waals surface area contributed by atoms with Gasteiger partial charge in [0.25, 0.3) is 0 Å². The van der Waals surface area contributed by atoms with E-state index in [4.69, 9.17) is 166 Å². The third kappa shape index (κ3) is 41.1. The molecule has 10 rings (SSSR count). The molecule has 0 fully saturated rings. The monoisotopic (exact) mass is 1930 g/mol. The number of rotatable bonds is 27. The van der Waals surface area contributed by atoms with E-state index in [0.29, 0.717) is 12.1 Å². The van der Waals surface area contributed by atoms with Crippen LogP contribution in [0.2, 0.25) is 0 Å². The maximum Gasteiger partial charge on any atom is 0.372 e. The number of Topliss-reactive ketones (excluding diaryl/α,β-unsaturated/α-hetero) is 1. The van der Waals surface area contributed by atoms with Gasteiger partial charge >= 0.3 is 89.5 Å². The summed E-state index contributed by atoms with van der Waals surface area (Å²) in [5, 5.41) is 202. The molecule has 0 heterocycles. The maximum atomic E-state index is 11.1. The van der Waals surface area contributed by atoms with Crippen molar-refractivity contribution in [2.75, 3.05) is 5.73 Å². The number of nitrogens with two attached hydrogens (primary N) is 7. The smallest absolute Gasteiger partial charge is 0.372 e. The third-order valence-corrected chi connectivity index (χ3v) is 17.9. The molecule has 50 nitrogen and oxygen atoms in total. The van der Waals surface area contributed by atoms with E-state index < -0.39 is 240 Å². The molecule has 0 bridgehead atoms. The number of aliphatic hydroxyl groups excluding tert-OH is 8. The normalized spacial score (nSPS) is 24.9. The molecule has 1 aromatic carbocycles. The number of ketones is 1. The van der Waals surface area contributed by atoms with Gasteiger partial charge in [0.2, 0.25) is 5.78 Å². The van der Waals surface area contributed by atoms with Crippen molar-refractivity contribution >= 4 is 101 Å². The molecule has 0 radical (unpaired) electrons. The summed E-state index contributed by atoms with van der Waals surface area (Å²) in [6, 6.07) is 2.94. The first-order valence-electron chi connectivity index (χ1n) is 38.4. The van der Waals surface area contributed by atoms with Crippen LogP contribution in [0.15, 0.2) is 288 Å². The van der Waals surface area contributed by atoms with Crippen LogP contribution < -0.4 is 40.1 Å². The van der Waals surface area contributed by atoms with Crippen LogP contribution in [0, 0.1) is 5.41 Å². The quantitative estimate of drug-likeness (QED) is 0.0133. The topological polar surface area (TPSA) is 957 Å². The molecule has 0 saturated heterocycles. The molecule has 37 N–H and O–H groups in total. The van der Waals surface area contributed by atoms with Crippen molar-refractivity contribution in [2.24, 2.45) is 39.8 Å². The standard InChI is InChI=1S/3C10H11NO5.2C10H10O6.C9H12N2O2.2C7H9NO3.2C7H8O4/c1-5(9(12)13)16-8-4-6(10(14)15)2-3-7(8)11;1-5(9(12)13)16-7-4-2-3-6(8(7)11)10(14)15;11-6-1-3-10(4-2-6,9(15)16)5-7(12)8(13)14;1-5(9(12)13)16-8-4-6(10(14)15)2-3-7(8)11;1-5(9(12)13)16-7-4-2-3-6(8(7)11)10(14)15;10-7-3-1-6(2-4-7)5-8(11)9(12)13;8-5-2-1-4(7(10)11)3-6(5)9;8-6-4(7(10)11)2-1-3-5(6)9;8-5-2-1-4(7(10)11)3-6(5)9;8-5-3-1-2-4(6(5)9)7(10)11/h2*2-4,7-8H,1,11H2,(H,12,13)(H,14,15);1-4,6H,5,11H2,(H,13,14)(H,15,16);2*2-4,7-8,11H,1H2,(H,12,13)(H,14,15);1-4,8H,5,10-11H2,(H,12,13);2*1-3,5-6,9H,8H2,(H,10,11);2*1-3,5-6,8-9H,(H,10,11)/t2*7-,8-;;2*7-,8-;;4*5-,6-/m10.10.1010/s1. The molecule has 0 spiro atoms. The Kier molecular flexibility index (Phi) is 49.5. The van der Waals surface area contributed by atoms with Crippen LogP contribution in [0.1, 0.15) is 12.0 Å². The first-order chi connectivity index (χ1) is 63.6. The van der Waals surface area contributed by atoms with Gasteiger partial charge in [-0.3, -0.25) is 14.4 Å². The van der Waals surface area contributed by atoms with Crippen LogP contribution in [0.3, 0.4) is 0 Å². The number of aliphatic hydroxyl groups is 8. The minimum Gasteiger partial charge on any atom is -0.480 e. The zero-order chi connectivity index (χ0) is 105. The van der Waals surface area contributed by atoms with Gasteiger partial charge in [-0.2, -0.15) is 0 Å². The molecule has 0 saturated carbocycles. The van der Waals surface area contributed by atoms with Gasteiger partial charge in [-0.15, -0.1) is 0 Å². The van der Waals surface area contributed by atoms with Crippen molar-refractivity contribution in [1.82, 2.24) is 0 Å². The largest absolute Gasteiger partial charge is 0.480 e. The molecule has 0 amide bonds. The van der Waals surface area contributed by atoms with Crippen LogP contribution in [0.5, 0.6) is 0 Å². The summed E-state index contributed by atoms with van der Waals surface area (Å²) < 4.78 is 19.5. The van der Waals surface area contributed by atoms with Crippen molar-refractivity contribution in [2.45, 2.75) is 122 Å². The average molecular weight is 1930 g/mol. The van der Waals surface area contributed by atoms with Gasteiger partial charge in [0.1, 0.15) is 72.5 Å². The Morgan fingerprint density at radius 3 is 1.08 bits per heavy atom. The van der Waals surface area contributed by atoms with Crippen molar-refractivity contribution < 1.29 is 213 Å². The fourth-order valence-electron chi connectivity index (χ4n) is 10.4. The molecule has 0 aromatic heterocycles. The van der Waals surface area contributed by atoms with Crippen molar-refractivity contribution in [3.05, 3.63) is 294 Å². The van der Waals surface area contributed by atoms with E-state index in [1.807, 2.05) is 0 Å². The predicted octanol–water partition coefficient (Wildman–Crippen LogP) is -3.55. The first-order valence-corrected chi connectivity index (χ1v) is 38.4. The number of hydrogen-bond donors (Lipinski definition) is 30. The highest BCUT2D eigenvalue weighted by Crippen LogP contribution is 2.31. The molecular weight excluding hydrogens is 1830 g/mol. The molecule has 137 heavy (non-hydrogen) atoms. The lowest BCUT2D eigenvalue weighted by Crippen LogP contribution is -2.41. The Labute approximate surface area is 773 Å². The maximum absolute atomic E-state index is 11.1. The van der Waals surface area contributed by atoms with Crippen LogP contribution >= 0.6 is 0 Å². The van der Waals surface area contributed by atoms with Crippen molar-refractivity contribution in [3.8, 4) is 0 Å². The van der Waals surface area contributed by atoms with Crippen LogP contribution in [0.4, 0.5) is 5.69 Å². The Hall–Kier alpha value is -16.3. The van der Waals surface area contributed by atoms with Gasteiger partial charge in [0.15, 0.2) is 23.0 Å². The second-order valence-electron chi connectivity index (χ2n) is 28.1. The van der Waals surface area contributed by atoms with Gasteiger partial charge in [-0.1, -0.05) is 122 Å².